The molecule has 3 N–H and O–H groups in total. The fourth-order valence-corrected chi connectivity index (χ4v) is 2.82. The highest BCUT2D eigenvalue weighted by atomic mass is 35.5. The highest BCUT2D eigenvalue weighted by Gasteiger charge is 2.20. The Morgan fingerprint density at radius 2 is 1.84 bits per heavy atom. The molecule has 0 bridgehead atoms. The maximum Gasteiger partial charge on any atom is 0.224 e. The van der Waals surface area contributed by atoms with E-state index in [1.807, 2.05) is 24.3 Å². The number of nitrogens with one attached hydrogen (secondary N) is 1. The number of rotatable bonds is 7. The summed E-state index contributed by atoms with van der Waals surface area (Å²) in [6, 6.07) is 7.78. The Labute approximate surface area is 163 Å². The lowest BCUT2D eigenvalue weighted by molar-refractivity contribution is -0.121. The molecule has 2 rings (SSSR count). The van der Waals surface area contributed by atoms with Crippen LogP contribution in [0.5, 0.6) is 0 Å². The molecule has 1 fully saturated rings. The second-order valence-corrected chi connectivity index (χ2v) is 6.52. The van der Waals surface area contributed by atoms with Gasteiger partial charge in [-0.3, -0.25) is 4.79 Å². The number of ether oxygens (including phenoxy) is 1. The Kier molecular flexibility index (Phi) is 11.9. The van der Waals surface area contributed by atoms with Gasteiger partial charge in [-0.2, -0.15) is 0 Å². The van der Waals surface area contributed by atoms with Crippen molar-refractivity contribution in [1.29, 1.82) is 0 Å². The van der Waals surface area contributed by atoms with Crippen LogP contribution in [0.15, 0.2) is 24.3 Å². The van der Waals surface area contributed by atoms with E-state index < -0.39 is 0 Å². The van der Waals surface area contributed by atoms with Crippen LogP contribution in [0.2, 0.25) is 0 Å². The van der Waals surface area contributed by atoms with Crippen molar-refractivity contribution in [3.8, 4) is 0 Å². The van der Waals surface area contributed by atoms with E-state index in [0.29, 0.717) is 18.6 Å². The molecule has 0 aromatic heterocycles. The quantitative estimate of drug-likeness (QED) is 0.701. The lowest BCUT2D eigenvalue weighted by Gasteiger charge is -2.32. The zero-order valence-electron chi connectivity index (χ0n) is 15.1. The number of anilines is 1. The predicted octanol–water partition coefficient (Wildman–Crippen LogP) is 2.66. The van der Waals surface area contributed by atoms with Crippen molar-refractivity contribution in [2.75, 3.05) is 32.0 Å². The molecule has 0 radical (unpaired) electrons. The zero-order valence-corrected chi connectivity index (χ0v) is 16.7. The van der Waals surface area contributed by atoms with E-state index >= 15 is 0 Å². The van der Waals surface area contributed by atoms with E-state index in [-0.39, 0.29) is 30.7 Å². The van der Waals surface area contributed by atoms with Crippen molar-refractivity contribution in [2.45, 2.75) is 45.3 Å². The van der Waals surface area contributed by atoms with Crippen LogP contribution < -0.4 is 11.1 Å². The number of piperidine rings is 1. The summed E-state index contributed by atoms with van der Waals surface area (Å²) in [4.78, 5) is 14.5. The topological polar surface area (TPSA) is 67.6 Å². The minimum atomic E-state index is 0. The first-order chi connectivity index (χ1) is 11.0. The number of halogens is 2. The van der Waals surface area contributed by atoms with Crippen LogP contribution in [0, 0.1) is 0 Å². The van der Waals surface area contributed by atoms with Crippen LogP contribution in [0.1, 0.15) is 32.3 Å². The Balaban J connectivity index is 0.00000288. The average molecular weight is 392 g/mol. The van der Waals surface area contributed by atoms with E-state index in [1.54, 1.807) is 0 Å². The smallest absolute Gasteiger partial charge is 0.224 e. The van der Waals surface area contributed by atoms with Crippen molar-refractivity contribution < 1.29 is 9.53 Å². The van der Waals surface area contributed by atoms with Crippen molar-refractivity contribution in [3.63, 3.8) is 0 Å². The van der Waals surface area contributed by atoms with Crippen molar-refractivity contribution in [2.24, 2.45) is 0 Å². The van der Waals surface area contributed by atoms with Crippen molar-refractivity contribution in [1.82, 2.24) is 10.2 Å². The first-order valence-corrected chi connectivity index (χ1v) is 8.50. The molecule has 25 heavy (non-hydrogen) atoms. The Hall–Kier alpha value is -1.01. The molecular weight excluding hydrogens is 361 g/mol. The normalized spacial score (nSPS) is 15.3. The van der Waals surface area contributed by atoms with Crippen LogP contribution >= 0.6 is 24.8 Å². The van der Waals surface area contributed by atoms with E-state index in [2.05, 4.69) is 24.1 Å². The molecule has 1 aliphatic heterocycles. The molecule has 1 heterocycles. The number of hydrogen-bond donors (Lipinski definition) is 2. The third-order valence-electron chi connectivity index (χ3n) is 4.16. The first-order valence-electron chi connectivity index (χ1n) is 8.50. The third-order valence-corrected chi connectivity index (χ3v) is 4.16. The largest absolute Gasteiger partial charge is 0.399 e. The Morgan fingerprint density at radius 3 is 2.40 bits per heavy atom. The maximum atomic E-state index is 12.1. The maximum absolute atomic E-state index is 12.1. The summed E-state index contributed by atoms with van der Waals surface area (Å²) in [7, 11) is 0. The number of hydrogen-bond acceptors (Lipinski definition) is 4. The number of nitrogens with two attached hydrogens (primary N) is 1. The molecule has 0 atom stereocenters. The molecule has 0 unspecified atom stereocenters. The van der Waals surface area contributed by atoms with Gasteiger partial charge in [0.25, 0.3) is 0 Å². The molecule has 1 amide bonds. The van der Waals surface area contributed by atoms with Gasteiger partial charge in [0.2, 0.25) is 5.91 Å². The number of amides is 1. The van der Waals surface area contributed by atoms with Gasteiger partial charge in [-0.1, -0.05) is 12.1 Å². The van der Waals surface area contributed by atoms with Crippen molar-refractivity contribution >= 4 is 36.4 Å². The number of likely N-dealkylation sites (tertiary alicyclic amines) is 1. The molecule has 1 aromatic carbocycles. The van der Waals surface area contributed by atoms with E-state index in [1.165, 1.54) is 0 Å². The van der Waals surface area contributed by atoms with Crippen LogP contribution in [-0.4, -0.2) is 49.2 Å². The highest BCUT2D eigenvalue weighted by Crippen LogP contribution is 2.11. The van der Waals surface area contributed by atoms with Gasteiger partial charge in [-0.05, 0) is 44.4 Å². The molecule has 5 nitrogen and oxygen atoms in total. The lowest BCUT2D eigenvalue weighted by atomic mass is 10.0. The summed E-state index contributed by atoms with van der Waals surface area (Å²) in [5.41, 5.74) is 7.38. The number of benzene rings is 1. The first kappa shape index (κ1) is 24.0. The summed E-state index contributed by atoms with van der Waals surface area (Å²) in [6.45, 7) is 7.92. The fraction of sp³-hybridized carbons (Fsp3) is 0.611. The SMILES string of the molecule is CC(C)OCCN1CCC(NC(=O)Cc2ccc(N)cc2)CC1.Cl.Cl. The molecule has 0 spiro atoms. The van der Waals surface area contributed by atoms with Gasteiger partial charge in [-0.15, -0.1) is 24.8 Å². The van der Waals surface area contributed by atoms with E-state index in [0.717, 1.165) is 50.3 Å². The summed E-state index contributed by atoms with van der Waals surface area (Å²) in [5.74, 6) is 0.0939. The molecular formula is C18H31Cl2N3O2. The molecule has 144 valence electrons. The van der Waals surface area contributed by atoms with Crippen LogP contribution in [0.3, 0.4) is 0 Å². The summed E-state index contributed by atoms with van der Waals surface area (Å²) >= 11 is 0. The van der Waals surface area contributed by atoms with Gasteiger partial charge >= 0.3 is 0 Å². The van der Waals surface area contributed by atoms with Gasteiger partial charge in [0.15, 0.2) is 0 Å². The predicted molar refractivity (Wildman–Crippen MR) is 108 cm³/mol. The average Bonchev–Trinajstić information content (AvgIpc) is 2.51. The van der Waals surface area contributed by atoms with Crippen molar-refractivity contribution in [3.05, 3.63) is 29.8 Å². The fourth-order valence-electron chi connectivity index (χ4n) is 2.82. The number of nitrogens with zero attached hydrogens (tertiary/aromatic N) is 1. The minimum Gasteiger partial charge on any atom is -0.399 e. The lowest BCUT2D eigenvalue weighted by Crippen LogP contribution is -2.45. The van der Waals surface area contributed by atoms with Gasteiger partial charge in [-0.25, -0.2) is 0 Å². The molecule has 1 aromatic rings. The molecule has 7 heteroatoms. The van der Waals surface area contributed by atoms with Gasteiger partial charge in [0.1, 0.15) is 0 Å². The molecule has 0 aliphatic carbocycles. The number of nitrogen functional groups attached to an aromatic ring is 1. The molecule has 0 saturated carbocycles. The second kappa shape index (κ2) is 12.4. The zero-order chi connectivity index (χ0) is 16.7. The minimum absolute atomic E-state index is 0. The van der Waals surface area contributed by atoms with E-state index in [9.17, 15) is 4.79 Å². The van der Waals surface area contributed by atoms with Gasteiger partial charge in [0.05, 0.1) is 19.1 Å². The summed E-state index contributed by atoms with van der Waals surface area (Å²) in [5, 5.41) is 3.15. The standard InChI is InChI=1S/C18H29N3O2.2ClH/c1-14(2)23-12-11-21-9-7-17(8-10-21)20-18(22)13-15-3-5-16(19)6-4-15;;/h3-6,14,17H,7-13,19H2,1-2H3,(H,20,22);2*1H. The second-order valence-electron chi connectivity index (χ2n) is 6.52. The summed E-state index contributed by atoms with van der Waals surface area (Å²) < 4.78 is 5.59. The third kappa shape index (κ3) is 9.31. The van der Waals surface area contributed by atoms with Crippen LogP contribution in [0.4, 0.5) is 5.69 Å². The highest BCUT2D eigenvalue weighted by molar-refractivity contribution is 5.85. The van der Waals surface area contributed by atoms with E-state index in [4.69, 9.17) is 10.5 Å². The monoisotopic (exact) mass is 391 g/mol. The Morgan fingerprint density at radius 1 is 1.24 bits per heavy atom. The number of carbonyl (C=O) groups is 1. The molecule has 1 saturated heterocycles. The summed E-state index contributed by atoms with van der Waals surface area (Å²) in [6.07, 6.45) is 2.73. The van der Waals surface area contributed by atoms with Crippen LogP contribution in [0.25, 0.3) is 0 Å². The van der Waals surface area contributed by atoms with Gasteiger partial charge in [0, 0.05) is 31.4 Å². The number of carbonyl (C=O) groups excluding carboxylic acids is 1. The molecule has 1 aliphatic rings. The van der Waals surface area contributed by atoms with Gasteiger partial charge < -0.3 is 20.7 Å². The Bertz CT molecular complexity index is 490. The van der Waals surface area contributed by atoms with Crippen LogP contribution in [-0.2, 0) is 16.0 Å².